The molecule has 0 amide bonds. The normalized spacial score (nSPS) is 10.3. The Labute approximate surface area is 119 Å². The largest absolute Gasteiger partial charge is 0.369 e. The second-order valence-electron chi connectivity index (χ2n) is 4.06. The predicted octanol–water partition coefficient (Wildman–Crippen LogP) is 3.44. The molecule has 0 bridgehead atoms. The zero-order valence-corrected chi connectivity index (χ0v) is 11.1. The summed E-state index contributed by atoms with van der Waals surface area (Å²) in [6.07, 6.45) is 0.439. The number of pyridine rings is 1. The van der Waals surface area contributed by atoms with Gasteiger partial charge >= 0.3 is 0 Å². The Kier molecular flexibility index (Phi) is 4.47. The molecule has 1 aromatic carbocycles. The van der Waals surface area contributed by atoms with Crippen molar-refractivity contribution >= 4 is 23.1 Å². The zero-order chi connectivity index (χ0) is 14.5. The van der Waals surface area contributed by atoms with Gasteiger partial charge in [0.05, 0.1) is 17.1 Å². The summed E-state index contributed by atoms with van der Waals surface area (Å²) in [5.74, 6) is 0.0138. The Morgan fingerprint density at radius 3 is 2.80 bits per heavy atom. The van der Waals surface area contributed by atoms with Gasteiger partial charge in [-0.2, -0.15) is 0 Å². The summed E-state index contributed by atoms with van der Waals surface area (Å²) >= 11 is 5.70. The van der Waals surface area contributed by atoms with Gasteiger partial charge in [-0.25, -0.2) is 9.37 Å². The van der Waals surface area contributed by atoms with E-state index in [1.54, 1.807) is 18.2 Å². The highest BCUT2D eigenvalue weighted by molar-refractivity contribution is 6.29. The summed E-state index contributed by atoms with van der Waals surface area (Å²) in [6.45, 7) is 0.394. The molecule has 1 heterocycles. The van der Waals surface area contributed by atoms with Crippen LogP contribution in [0.3, 0.4) is 0 Å². The topological polar surface area (TPSA) is 68.1 Å². The van der Waals surface area contributed by atoms with Crippen molar-refractivity contribution in [1.82, 2.24) is 4.98 Å². The number of hydrogen-bond donors (Lipinski definition) is 1. The van der Waals surface area contributed by atoms with Crippen LogP contribution in [-0.4, -0.2) is 16.5 Å². The highest BCUT2D eigenvalue weighted by Gasteiger charge is 2.10. The third-order valence-electron chi connectivity index (χ3n) is 2.65. The molecular formula is C13H11ClFN3O2. The van der Waals surface area contributed by atoms with Crippen molar-refractivity contribution in [3.8, 4) is 0 Å². The van der Waals surface area contributed by atoms with E-state index in [1.807, 2.05) is 0 Å². The monoisotopic (exact) mass is 295 g/mol. The molecule has 2 aromatic rings. The molecule has 1 N–H and O–H groups in total. The van der Waals surface area contributed by atoms with Crippen molar-refractivity contribution in [3.05, 3.63) is 63.0 Å². The average molecular weight is 296 g/mol. The average Bonchev–Trinajstić information content (AvgIpc) is 2.40. The molecule has 104 valence electrons. The van der Waals surface area contributed by atoms with Gasteiger partial charge in [0.25, 0.3) is 5.69 Å². The Morgan fingerprint density at radius 1 is 1.35 bits per heavy atom. The fourth-order valence-corrected chi connectivity index (χ4v) is 1.91. The van der Waals surface area contributed by atoms with Gasteiger partial charge in [0, 0.05) is 6.54 Å². The van der Waals surface area contributed by atoms with E-state index in [9.17, 15) is 14.5 Å². The number of nitrogens with one attached hydrogen (secondary N) is 1. The smallest absolute Gasteiger partial charge is 0.276 e. The highest BCUT2D eigenvalue weighted by Crippen LogP contribution is 2.20. The van der Waals surface area contributed by atoms with Crippen molar-refractivity contribution in [2.45, 2.75) is 6.42 Å². The minimum atomic E-state index is -0.546. The summed E-state index contributed by atoms with van der Waals surface area (Å²) in [6, 6.07) is 8.90. The van der Waals surface area contributed by atoms with Crippen LogP contribution in [0.4, 0.5) is 15.9 Å². The Morgan fingerprint density at radius 2 is 2.10 bits per heavy atom. The molecule has 0 atom stereocenters. The third-order valence-corrected chi connectivity index (χ3v) is 2.84. The first-order chi connectivity index (χ1) is 9.56. The number of anilines is 1. The molecular weight excluding hydrogens is 285 g/mol. The molecule has 0 radical (unpaired) electrons. The second-order valence-corrected chi connectivity index (χ2v) is 4.45. The molecule has 0 saturated carbocycles. The standard InChI is InChI=1S/C13H11ClFN3O2/c14-12-7-10(18(19)20)8-13(17-12)16-6-5-9-3-1-2-4-11(9)15/h1-4,7-8H,5-6H2,(H,16,17). The van der Waals surface area contributed by atoms with Gasteiger partial charge in [0.2, 0.25) is 0 Å². The lowest BCUT2D eigenvalue weighted by atomic mass is 10.1. The van der Waals surface area contributed by atoms with Crippen molar-refractivity contribution in [2.75, 3.05) is 11.9 Å². The van der Waals surface area contributed by atoms with E-state index >= 15 is 0 Å². The minimum Gasteiger partial charge on any atom is -0.369 e. The van der Waals surface area contributed by atoms with Crippen LogP contribution in [0.15, 0.2) is 36.4 Å². The lowest BCUT2D eigenvalue weighted by Crippen LogP contribution is -2.07. The van der Waals surface area contributed by atoms with Gasteiger partial charge in [-0.3, -0.25) is 10.1 Å². The van der Waals surface area contributed by atoms with E-state index in [4.69, 9.17) is 11.6 Å². The summed E-state index contributed by atoms with van der Waals surface area (Å²) in [4.78, 5) is 14.1. The highest BCUT2D eigenvalue weighted by atomic mass is 35.5. The second kappa shape index (κ2) is 6.29. The van der Waals surface area contributed by atoms with Gasteiger partial charge < -0.3 is 5.32 Å². The number of hydrogen-bond acceptors (Lipinski definition) is 4. The first-order valence-electron chi connectivity index (χ1n) is 5.85. The molecule has 7 heteroatoms. The summed E-state index contributed by atoms with van der Waals surface area (Å²) in [5, 5.41) is 13.6. The molecule has 0 fully saturated rings. The molecule has 0 unspecified atom stereocenters. The van der Waals surface area contributed by atoms with Crippen LogP contribution in [0.1, 0.15) is 5.56 Å². The molecule has 0 aliphatic rings. The van der Waals surface area contributed by atoms with E-state index < -0.39 is 4.92 Å². The molecule has 5 nitrogen and oxygen atoms in total. The van der Waals surface area contributed by atoms with Gasteiger partial charge in [0.15, 0.2) is 0 Å². The minimum absolute atomic E-state index is 0.0348. The maximum absolute atomic E-state index is 13.4. The SMILES string of the molecule is O=[N+]([O-])c1cc(Cl)nc(NCCc2ccccc2F)c1. The fourth-order valence-electron chi connectivity index (χ4n) is 1.71. The van der Waals surface area contributed by atoms with E-state index in [2.05, 4.69) is 10.3 Å². The summed E-state index contributed by atoms with van der Waals surface area (Å²) in [7, 11) is 0. The Bertz CT molecular complexity index is 637. The quantitative estimate of drug-likeness (QED) is 0.521. The van der Waals surface area contributed by atoms with Crippen LogP contribution >= 0.6 is 11.6 Å². The number of halogens is 2. The number of rotatable bonds is 5. The van der Waals surface area contributed by atoms with Crippen LogP contribution in [0.2, 0.25) is 5.15 Å². The number of benzene rings is 1. The first kappa shape index (κ1) is 14.2. The van der Waals surface area contributed by atoms with Gasteiger partial charge in [-0.15, -0.1) is 0 Å². The molecule has 0 saturated heterocycles. The van der Waals surface area contributed by atoms with Gasteiger partial charge in [0.1, 0.15) is 16.8 Å². The maximum atomic E-state index is 13.4. The molecule has 0 spiro atoms. The van der Waals surface area contributed by atoms with Crippen molar-refractivity contribution < 1.29 is 9.31 Å². The van der Waals surface area contributed by atoms with Crippen LogP contribution in [0.25, 0.3) is 0 Å². The van der Waals surface area contributed by atoms with Crippen LogP contribution in [-0.2, 0) is 6.42 Å². The number of aromatic nitrogens is 1. The summed E-state index contributed by atoms with van der Waals surface area (Å²) < 4.78 is 13.4. The Hall–Kier alpha value is -2.21. The molecule has 0 aliphatic heterocycles. The van der Waals surface area contributed by atoms with E-state index in [0.29, 0.717) is 24.3 Å². The lowest BCUT2D eigenvalue weighted by molar-refractivity contribution is -0.384. The zero-order valence-electron chi connectivity index (χ0n) is 10.3. The van der Waals surface area contributed by atoms with Crippen LogP contribution < -0.4 is 5.32 Å². The number of nitro groups is 1. The summed E-state index contributed by atoms with van der Waals surface area (Å²) in [5.41, 5.74) is 0.426. The molecule has 20 heavy (non-hydrogen) atoms. The molecule has 0 aliphatic carbocycles. The van der Waals surface area contributed by atoms with Crippen LogP contribution in [0.5, 0.6) is 0 Å². The predicted molar refractivity (Wildman–Crippen MR) is 74.5 cm³/mol. The van der Waals surface area contributed by atoms with Gasteiger partial charge in [-0.05, 0) is 18.1 Å². The van der Waals surface area contributed by atoms with E-state index in [-0.39, 0.29) is 16.7 Å². The number of nitrogens with zero attached hydrogens (tertiary/aromatic N) is 2. The lowest BCUT2D eigenvalue weighted by Gasteiger charge is -2.06. The van der Waals surface area contributed by atoms with E-state index in [1.165, 1.54) is 18.2 Å². The fraction of sp³-hybridized carbons (Fsp3) is 0.154. The van der Waals surface area contributed by atoms with E-state index in [0.717, 1.165) is 0 Å². The van der Waals surface area contributed by atoms with Gasteiger partial charge in [-0.1, -0.05) is 29.8 Å². The van der Waals surface area contributed by atoms with Crippen LogP contribution in [0, 0.1) is 15.9 Å². The first-order valence-corrected chi connectivity index (χ1v) is 6.23. The van der Waals surface area contributed by atoms with Crippen molar-refractivity contribution in [3.63, 3.8) is 0 Å². The van der Waals surface area contributed by atoms with Crippen molar-refractivity contribution in [2.24, 2.45) is 0 Å². The Balaban J connectivity index is 2.01. The maximum Gasteiger partial charge on any atom is 0.276 e. The molecule has 1 aromatic heterocycles. The third kappa shape index (κ3) is 3.64. The molecule has 2 rings (SSSR count). The van der Waals surface area contributed by atoms with Crippen molar-refractivity contribution in [1.29, 1.82) is 0 Å².